The van der Waals surface area contributed by atoms with Gasteiger partial charge in [-0.25, -0.2) is 9.37 Å². The van der Waals surface area contributed by atoms with Crippen LogP contribution in [0.15, 0.2) is 54.7 Å². The van der Waals surface area contributed by atoms with Gasteiger partial charge in [0.1, 0.15) is 18.2 Å². The third kappa shape index (κ3) is 7.54. The Bertz CT molecular complexity index is 1240. The molecule has 6 heteroatoms. The van der Waals surface area contributed by atoms with E-state index in [1.165, 1.54) is 13.3 Å². The van der Waals surface area contributed by atoms with E-state index in [2.05, 4.69) is 31.8 Å². The van der Waals surface area contributed by atoms with Crippen LogP contribution in [0.1, 0.15) is 70.6 Å². The zero-order chi connectivity index (χ0) is 27.2. The molecular formula is C31H38FNO4. The SMILES string of the molecule is CCCC(C)(C)Cc1cc(COc2cccc(C(C)(C)CC(=O)O)c2)ccc1-c1cc(OC)ncc1F. The van der Waals surface area contributed by atoms with Gasteiger partial charge in [-0.15, -0.1) is 0 Å². The molecule has 198 valence electrons. The van der Waals surface area contributed by atoms with Gasteiger partial charge in [0.25, 0.3) is 0 Å². The van der Waals surface area contributed by atoms with Crippen LogP contribution in [0.4, 0.5) is 4.39 Å². The highest BCUT2D eigenvalue weighted by Gasteiger charge is 2.25. The van der Waals surface area contributed by atoms with E-state index in [4.69, 9.17) is 9.47 Å². The molecule has 37 heavy (non-hydrogen) atoms. The average molecular weight is 508 g/mol. The highest BCUT2D eigenvalue weighted by molar-refractivity contribution is 5.70. The summed E-state index contributed by atoms with van der Waals surface area (Å²) in [5.41, 5.74) is 3.75. The Morgan fingerprint density at radius 1 is 1.05 bits per heavy atom. The van der Waals surface area contributed by atoms with Crippen LogP contribution in [0.3, 0.4) is 0 Å². The van der Waals surface area contributed by atoms with Crippen molar-refractivity contribution in [2.45, 2.75) is 72.3 Å². The van der Waals surface area contributed by atoms with Gasteiger partial charge in [0, 0.05) is 17.0 Å². The van der Waals surface area contributed by atoms with Gasteiger partial charge in [-0.3, -0.25) is 4.79 Å². The van der Waals surface area contributed by atoms with Crippen molar-refractivity contribution in [3.63, 3.8) is 0 Å². The quantitative estimate of drug-likeness (QED) is 0.273. The summed E-state index contributed by atoms with van der Waals surface area (Å²) in [5.74, 6) is -0.176. The largest absolute Gasteiger partial charge is 0.489 e. The number of carboxylic acid groups (broad SMARTS) is 1. The van der Waals surface area contributed by atoms with Crippen molar-refractivity contribution in [2.24, 2.45) is 5.41 Å². The van der Waals surface area contributed by atoms with Crippen molar-refractivity contribution in [1.82, 2.24) is 4.98 Å². The maximum atomic E-state index is 14.9. The predicted octanol–water partition coefficient (Wildman–Crippen LogP) is 7.60. The van der Waals surface area contributed by atoms with Gasteiger partial charge < -0.3 is 14.6 Å². The fourth-order valence-corrected chi connectivity index (χ4v) is 4.82. The highest BCUT2D eigenvalue weighted by atomic mass is 19.1. The minimum atomic E-state index is -0.835. The molecule has 0 saturated heterocycles. The summed E-state index contributed by atoms with van der Waals surface area (Å²) in [6.07, 6.45) is 4.13. The number of methoxy groups -OCH3 is 1. The maximum Gasteiger partial charge on any atom is 0.304 e. The molecule has 1 heterocycles. The first-order valence-electron chi connectivity index (χ1n) is 12.7. The number of rotatable bonds is 12. The Kier molecular flexibility index (Phi) is 8.95. The number of pyridine rings is 1. The lowest BCUT2D eigenvalue weighted by Crippen LogP contribution is -2.21. The van der Waals surface area contributed by atoms with E-state index in [0.29, 0.717) is 23.8 Å². The molecule has 1 aromatic heterocycles. The molecule has 5 nitrogen and oxygen atoms in total. The lowest BCUT2D eigenvalue weighted by molar-refractivity contribution is -0.138. The molecule has 0 atom stereocenters. The Balaban J connectivity index is 1.91. The van der Waals surface area contributed by atoms with Gasteiger partial charge in [0.2, 0.25) is 5.88 Å². The van der Waals surface area contributed by atoms with Gasteiger partial charge in [-0.1, -0.05) is 71.4 Å². The summed E-state index contributed by atoms with van der Waals surface area (Å²) in [6, 6.07) is 15.2. The zero-order valence-electron chi connectivity index (χ0n) is 22.7. The molecule has 0 aliphatic heterocycles. The normalized spacial score (nSPS) is 11.9. The van der Waals surface area contributed by atoms with Crippen molar-refractivity contribution in [3.05, 3.63) is 77.2 Å². The fourth-order valence-electron chi connectivity index (χ4n) is 4.82. The molecule has 3 rings (SSSR count). The molecule has 0 radical (unpaired) electrons. The van der Waals surface area contributed by atoms with E-state index >= 15 is 0 Å². The first-order chi connectivity index (χ1) is 17.4. The summed E-state index contributed by atoms with van der Waals surface area (Å²) in [4.78, 5) is 15.3. The molecular weight excluding hydrogens is 469 g/mol. The standard InChI is InChI=1S/C31H38FNO4/c1-7-13-30(2,3)17-22-14-21(11-12-25(22)26-16-28(36-6)33-19-27(26)32)20-37-24-10-8-9-23(15-24)31(4,5)18-29(34)35/h8-12,14-16,19H,7,13,17-18,20H2,1-6H3,(H,34,35). The topological polar surface area (TPSA) is 68.7 Å². The van der Waals surface area contributed by atoms with E-state index in [0.717, 1.165) is 41.5 Å². The molecule has 2 aromatic carbocycles. The first kappa shape index (κ1) is 28.2. The number of hydrogen-bond acceptors (Lipinski definition) is 4. The van der Waals surface area contributed by atoms with Crippen LogP contribution >= 0.6 is 0 Å². The Hall–Kier alpha value is -3.41. The predicted molar refractivity (Wildman–Crippen MR) is 145 cm³/mol. The van der Waals surface area contributed by atoms with Gasteiger partial charge in [-0.2, -0.15) is 0 Å². The second kappa shape index (κ2) is 11.8. The number of benzene rings is 2. The summed E-state index contributed by atoms with van der Waals surface area (Å²) in [7, 11) is 1.52. The average Bonchev–Trinajstić information content (AvgIpc) is 2.82. The second-order valence-corrected chi connectivity index (χ2v) is 11.1. The minimum Gasteiger partial charge on any atom is -0.489 e. The highest BCUT2D eigenvalue weighted by Crippen LogP contribution is 2.36. The third-order valence-corrected chi connectivity index (χ3v) is 6.71. The molecule has 0 spiro atoms. The van der Waals surface area contributed by atoms with E-state index in [1.807, 2.05) is 50.2 Å². The van der Waals surface area contributed by atoms with Crippen molar-refractivity contribution in [2.75, 3.05) is 7.11 Å². The first-order valence-corrected chi connectivity index (χ1v) is 12.7. The maximum absolute atomic E-state index is 14.9. The molecule has 3 aromatic rings. The molecule has 1 N–H and O–H groups in total. The number of carbonyl (C=O) groups is 1. The van der Waals surface area contributed by atoms with E-state index in [-0.39, 0.29) is 17.7 Å². The zero-order valence-corrected chi connectivity index (χ0v) is 22.7. The third-order valence-electron chi connectivity index (χ3n) is 6.71. The Morgan fingerprint density at radius 2 is 1.81 bits per heavy atom. The number of nitrogens with zero attached hydrogens (tertiary/aromatic N) is 1. The smallest absolute Gasteiger partial charge is 0.304 e. The summed E-state index contributed by atoms with van der Waals surface area (Å²) in [6.45, 7) is 10.8. The molecule has 0 bridgehead atoms. The van der Waals surface area contributed by atoms with E-state index in [1.54, 1.807) is 6.07 Å². The van der Waals surface area contributed by atoms with Crippen molar-refractivity contribution < 1.29 is 23.8 Å². The number of aromatic nitrogens is 1. The van der Waals surface area contributed by atoms with E-state index in [9.17, 15) is 14.3 Å². The van der Waals surface area contributed by atoms with Crippen LogP contribution in [0.25, 0.3) is 11.1 Å². The Labute approximate surface area is 219 Å². The van der Waals surface area contributed by atoms with Crippen LogP contribution in [0.2, 0.25) is 0 Å². The molecule has 0 aliphatic rings. The molecule has 0 unspecified atom stereocenters. The lowest BCUT2D eigenvalue weighted by atomic mass is 9.79. The van der Waals surface area contributed by atoms with Gasteiger partial charge in [-0.05, 0) is 52.6 Å². The van der Waals surface area contributed by atoms with Crippen molar-refractivity contribution in [3.8, 4) is 22.8 Å². The van der Waals surface area contributed by atoms with Crippen molar-refractivity contribution >= 4 is 5.97 Å². The van der Waals surface area contributed by atoms with Gasteiger partial charge in [0.15, 0.2) is 0 Å². The van der Waals surface area contributed by atoms with Gasteiger partial charge >= 0.3 is 5.97 Å². The molecule has 0 amide bonds. The van der Waals surface area contributed by atoms with Crippen LogP contribution in [-0.2, 0) is 23.2 Å². The summed E-state index contributed by atoms with van der Waals surface area (Å²) in [5, 5.41) is 9.26. The number of halogens is 1. The molecule has 0 aliphatic carbocycles. The minimum absolute atomic E-state index is 0.0329. The second-order valence-electron chi connectivity index (χ2n) is 11.1. The van der Waals surface area contributed by atoms with Crippen LogP contribution < -0.4 is 9.47 Å². The monoisotopic (exact) mass is 507 g/mol. The lowest BCUT2D eigenvalue weighted by Gasteiger charge is -2.26. The summed E-state index contributed by atoms with van der Waals surface area (Å²) < 4.78 is 26.2. The van der Waals surface area contributed by atoms with Crippen LogP contribution in [0.5, 0.6) is 11.6 Å². The van der Waals surface area contributed by atoms with E-state index < -0.39 is 11.4 Å². The van der Waals surface area contributed by atoms with Crippen LogP contribution in [-0.4, -0.2) is 23.2 Å². The van der Waals surface area contributed by atoms with Gasteiger partial charge in [0.05, 0.1) is 19.7 Å². The number of carboxylic acids is 1. The number of ether oxygens (including phenoxy) is 2. The summed E-state index contributed by atoms with van der Waals surface area (Å²) >= 11 is 0. The van der Waals surface area contributed by atoms with Crippen LogP contribution in [0, 0.1) is 11.2 Å². The molecule has 0 fully saturated rings. The Morgan fingerprint density at radius 3 is 2.49 bits per heavy atom. The number of aliphatic carboxylic acids is 1. The molecule has 0 saturated carbocycles. The van der Waals surface area contributed by atoms with Crippen molar-refractivity contribution in [1.29, 1.82) is 0 Å². The fraction of sp³-hybridized carbons (Fsp3) is 0.419. The number of hydrogen-bond donors (Lipinski definition) is 1.